The van der Waals surface area contributed by atoms with Crippen LogP contribution in [0.25, 0.3) is 0 Å². The molecule has 0 unspecified atom stereocenters. The standard InChI is InChI=1S/C27H44O4/c1-17(7-5-6-16-28)20-10-11-21-19-8-9-23-25(30)24(31-18(2)29)13-15-27(23,4)22(19)12-14-26(20,21)3/h9,17,19-22,24-25,28,30H,5-8,10-16H2,1-4H3/t17-,19+,20-,21+,22+,24+,25+,26-,27-/m1/s1. The third kappa shape index (κ3) is 3.90. The Morgan fingerprint density at radius 3 is 2.65 bits per heavy atom. The van der Waals surface area contributed by atoms with E-state index in [-0.39, 0.29) is 17.5 Å². The Hall–Kier alpha value is -0.870. The molecule has 4 nitrogen and oxygen atoms in total. The molecule has 0 aromatic heterocycles. The number of unbranched alkanes of at least 4 members (excludes halogenated alkanes) is 1. The average molecular weight is 433 g/mol. The highest BCUT2D eigenvalue weighted by molar-refractivity contribution is 5.66. The lowest BCUT2D eigenvalue weighted by molar-refractivity contribution is -0.156. The van der Waals surface area contributed by atoms with Crippen molar-refractivity contribution in [3.8, 4) is 0 Å². The number of allylic oxidation sites excluding steroid dienone is 1. The lowest BCUT2D eigenvalue weighted by Gasteiger charge is -2.59. The quantitative estimate of drug-likeness (QED) is 0.341. The van der Waals surface area contributed by atoms with Gasteiger partial charge in [0.2, 0.25) is 0 Å². The van der Waals surface area contributed by atoms with Gasteiger partial charge in [0.1, 0.15) is 12.2 Å². The normalized spacial score (nSPS) is 45.2. The van der Waals surface area contributed by atoms with Crippen molar-refractivity contribution in [2.24, 2.45) is 40.4 Å². The summed E-state index contributed by atoms with van der Waals surface area (Å²) in [6.45, 7) is 9.18. The Labute approximate surface area is 188 Å². The summed E-state index contributed by atoms with van der Waals surface area (Å²) in [5.41, 5.74) is 1.64. The lowest BCUT2D eigenvalue weighted by Crippen LogP contribution is -2.54. The van der Waals surface area contributed by atoms with Crippen molar-refractivity contribution in [3.05, 3.63) is 11.6 Å². The first kappa shape index (κ1) is 23.3. The van der Waals surface area contributed by atoms with Gasteiger partial charge in [-0.2, -0.15) is 0 Å². The minimum atomic E-state index is -0.639. The number of rotatable bonds is 6. The Morgan fingerprint density at radius 2 is 1.94 bits per heavy atom. The number of hydrogen-bond acceptors (Lipinski definition) is 4. The molecule has 2 N–H and O–H groups in total. The average Bonchev–Trinajstić information content (AvgIpc) is 3.07. The van der Waals surface area contributed by atoms with Gasteiger partial charge >= 0.3 is 5.97 Å². The van der Waals surface area contributed by atoms with Gasteiger partial charge in [-0.15, -0.1) is 0 Å². The number of ether oxygens (including phenoxy) is 1. The van der Waals surface area contributed by atoms with Crippen LogP contribution < -0.4 is 0 Å². The molecule has 0 aliphatic heterocycles. The summed E-state index contributed by atoms with van der Waals surface area (Å²) < 4.78 is 5.45. The van der Waals surface area contributed by atoms with Crippen LogP contribution in [0.4, 0.5) is 0 Å². The van der Waals surface area contributed by atoms with Crippen LogP contribution >= 0.6 is 0 Å². The molecule has 0 aromatic rings. The molecule has 176 valence electrons. The second-order valence-electron chi connectivity index (χ2n) is 11.7. The van der Waals surface area contributed by atoms with E-state index in [4.69, 9.17) is 9.84 Å². The van der Waals surface area contributed by atoms with Crippen molar-refractivity contribution >= 4 is 5.97 Å². The van der Waals surface area contributed by atoms with Crippen molar-refractivity contribution in [1.29, 1.82) is 0 Å². The van der Waals surface area contributed by atoms with Crippen molar-refractivity contribution in [2.75, 3.05) is 6.61 Å². The topological polar surface area (TPSA) is 66.8 Å². The van der Waals surface area contributed by atoms with E-state index in [1.54, 1.807) is 0 Å². The summed E-state index contributed by atoms with van der Waals surface area (Å²) in [5.74, 6) is 3.40. The molecule has 0 radical (unpaired) electrons. The number of aliphatic hydroxyl groups is 2. The van der Waals surface area contributed by atoms with Crippen LogP contribution in [-0.4, -0.2) is 35.0 Å². The molecule has 0 amide bonds. The zero-order chi connectivity index (χ0) is 22.4. The Balaban J connectivity index is 1.52. The minimum absolute atomic E-state index is 0.0468. The van der Waals surface area contributed by atoms with E-state index in [1.807, 2.05) is 0 Å². The van der Waals surface area contributed by atoms with Crippen LogP contribution in [0.3, 0.4) is 0 Å². The SMILES string of the molecule is CC(=O)O[C@H]1CC[C@@]2(C)C(=CC[C@H]3[C@@H]4CC[C@H]([C@H](C)CCCCO)[C@@]4(C)CC[C@@H]32)[C@@H]1O. The van der Waals surface area contributed by atoms with Crippen LogP contribution in [0.5, 0.6) is 0 Å². The summed E-state index contributed by atoms with van der Waals surface area (Å²) >= 11 is 0. The molecule has 9 atom stereocenters. The third-order valence-electron chi connectivity index (χ3n) is 10.3. The summed E-state index contributed by atoms with van der Waals surface area (Å²) in [7, 11) is 0. The predicted octanol–water partition coefficient (Wildman–Crippen LogP) is 5.27. The summed E-state index contributed by atoms with van der Waals surface area (Å²) in [6.07, 6.45) is 12.8. The molecule has 0 spiro atoms. The molecule has 31 heavy (non-hydrogen) atoms. The molecule has 3 fully saturated rings. The third-order valence-corrected chi connectivity index (χ3v) is 10.3. The van der Waals surface area contributed by atoms with Crippen LogP contribution in [0.2, 0.25) is 0 Å². The van der Waals surface area contributed by atoms with Crippen molar-refractivity contribution < 1.29 is 19.7 Å². The fourth-order valence-corrected chi connectivity index (χ4v) is 8.80. The van der Waals surface area contributed by atoms with Crippen LogP contribution in [-0.2, 0) is 9.53 Å². The molecule has 4 heteroatoms. The van der Waals surface area contributed by atoms with E-state index < -0.39 is 6.10 Å². The first-order chi connectivity index (χ1) is 14.7. The Bertz CT molecular complexity index is 701. The van der Waals surface area contributed by atoms with Crippen LogP contribution in [0.15, 0.2) is 11.6 Å². The molecular weight excluding hydrogens is 388 g/mol. The molecule has 4 aliphatic carbocycles. The van der Waals surface area contributed by atoms with Crippen molar-refractivity contribution in [1.82, 2.24) is 0 Å². The number of aliphatic hydroxyl groups excluding tert-OH is 2. The molecule has 3 saturated carbocycles. The Morgan fingerprint density at radius 1 is 1.16 bits per heavy atom. The fraction of sp³-hybridized carbons (Fsp3) is 0.889. The fourth-order valence-electron chi connectivity index (χ4n) is 8.80. The molecule has 0 bridgehead atoms. The number of carbonyl (C=O) groups is 1. The second kappa shape index (κ2) is 8.82. The van der Waals surface area contributed by atoms with E-state index in [0.717, 1.165) is 61.3 Å². The van der Waals surface area contributed by atoms with Gasteiger partial charge in [-0.05, 0) is 97.4 Å². The maximum atomic E-state index is 11.5. The van der Waals surface area contributed by atoms with Crippen molar-refractivity contribution in [3.63, 3.8) is 0 Å². The summed E-state index contributed by atoms with van der Waals surface area (Å²) in [6, 6.07) is 0. The zero-order valence-electron chi connectivity index (χ0n) is 20.1. The highest BCUT2D eigenvalue weighted by Gasteiger charge is 2.60. The maximum absolute atomic E-state index is 11.5. The number of fused-ring (bicyclic) bond motifs is 5. The number of esters is 1. The van der Waals surface area contributed by atoms with E-state index in [0.29, 0.717) is 17.9 Å². The van der Waals surface area contributed by atoms with E-state index in [2.05, 4.69) is 26.8 Å². The first-order valence-corrected chi connectivity index (χ1v) is 12.9. The summed E-state index contributed by atoms with van der Waals surface area (Å²) in [4.78, 5) is 11.5. The molecule has 4 aliphatic rings. The Kier molecular flexibility index (Phi) is 6.63. The largest absolute Gasteiger partial charge is 0.459 e. The highest BCUT2D eigenvalue weighted by atomic mass is 16.6. The van der Waals surface area contributed by atoms with Gasteiger partial charge in [0.15, 0.2) is 0 Å². The zero-order valence-corrected chi connectivity index (χ0v) is 20.1. The van der Waals surface area contributed by atoms with E-state index in [9.17, 15) is 9.90 Å². The van der Waals surface area contributed by atoms with Gasteiger partial charge in [0.25, 0.3) is 0 Å². The van der Waals surface area contributed by atoms with Gasteiger partial charge in [-0.1, -0.05) is 39.7 Å². The second-order valence-corrected chi connectivity index (χ2v) is 11.7. The monoisotopic (exact) mass is 432 g/mol. The van der Waals surface area contributed by atoms with Crippen LogP contribution in [0, 0.1) is 40.4 Å². The van der Waals surface area contributed by atoms with E-state index >= 15 is 0 Å². The molecule has 4 rings (SSSR count). The lowest BCUT2D eigenvalue weighted by atomic mass is 9.46. The maximum Gasteiger partial charge on any atom is 0.303 e. The number of hydrogen-bond donors (Lipinski definition) is 2. The summed E-state index contributed by atoms with van der Waals surface area (Å²) in [5, 5.41) is 20.2. The molecule has 0 aromatic carbocycles. The highest BCUT2D eigenvalue weighted by Crippen LogP contribution is 2.67. The smallest absolute Gasteiger partial charge is 0.303 e. The molecule has 0 saturated heterocycles. The van der Waals surface area contributed by atoms with E-state index in [1.165, 1.54) is 39.0 Å². The number of carbonyl (C=O) groups excluding carboxylic acids is 1. The van der Waals surface area contributed by atoms with Gasteiger partial charge in [-0.3, -0.25) is 4.79 Å². The minimum Gasteiger partial charge on any atom is -0.459 e. The van der Waals surface area contributed by atoms with Crippen LogP contribution in [0.1, 0.15) is 91.9 Å². The first-order valence-electron chi connectivity index (χ1n) is 12.9. The van der Waals surface area contributed by atoms with Gasteiger partial charge in [0.05, 0.1) is 0 Å². The van der Waals surface area contributed by atoms with Crippen molar-refractivity contribution in [2.45, 2.75) is 104 Å². The molecule has 0 heterocycles. The predicted molar refractivity (Wildman–Crippen MR) is 122 cm³/mol. The molecular formula is C27H44O4. The van der Waals surface area contributed by atoms with Gasteiger partial charge in [-0.25, -0.2) is 0 Å². The van der Waals surface area contributed by atoms with Gasteiger partial charge in [0, 0.05) is 13.5 Å². The van der Waals surface area contributed by atoms with Gasteiger partial charge < -0.3 is 14.9 Å².